The number of rotatable bonds is 2. The molecule has 0 spiro atoms. The molecular weight excluding hydrogens is 200 g/mol. The van der Waals surface area contributed by atoms with E-state index < -0.39 is 0 Å². The van der Waals surface area contributed by atoms with Crippen LogP contribution in [0.2, 0.25) is 0 Å². The van der Waals surface area contributed by atoms with E-state index in [1.807, 2.05) is 48.5 Å². The topological polar surface area (TPSA) is 53.6 Å². The molecule has 0 atom stereocenters. The number of hydrogen-bond donors (Lipinski definition) is 2. The molecule has 0 aliphatic rings. The molecule has 0 aliphatic carbocycles. The number of fused-ring (bicyclic) bond motifs is 1. The van der Waals surface area contributed by atoms with Crippen molar-refractivity contribution in [3.8, 4) is 0 Å². The lowest BCUT2D eigenvalue weighted by Crippen LogP contribution is -1.89. The first-order valence-corrected chi connectivity index (χ1v) is 5.04. The van der Waals surface area contributed by atoms with Gasteiger partial charge in [-0.3, -0.25) is 0 Å². The minimum absolute atomic E-state index is 0.862. The molecule has 2 aromatic carbocycles. The maximum absolute atomic E-state index is 4.04. The molecule has 0 amide bonds. The Morgan fingerprint density at radius 2 is 1.62 bits per heavy atom. The maximum Gasteiger partial charge on any atom is 0.115 e. The Morgan fingerprint density at radius 3 is 2.50 bits per heavy atom. The third kappa shape index (κ3) is 1.61. The highest BCUT2D eigenvalue weighted by molar-refractivity contribution is 5.79. The first-order chi connectivity index (χ1) is 7.92. The van der Waals surface area contributed by atoms with Crippen LogP contribution in [0.15, 0.2) is 48.5 Å². The van der Waals surface area contributed by atoms with Gasteiger partial charge in [-0.1, -0.05) is 18.2 Å². The van der Waals surface area contributed by atoms with Crippen LogP contribution in [0.3, 0.4) is 0 Å². The summed E-state index contributed by atoms with van der Waals surface area (Å²) in [5, 5.41) is 14.0. The summed E-state index contributed by atoms with van der Waals surface area (Å²) in [7, 11) is 0. The van der Waals surface area contributed by atoms with Gasteiger partial charge in [0.05, 0.1) is 0 Å². The number of benzene rings is 2. The lowest BCUT2D eigenvalue weighted by molar-refractivity contribution is 0.959. The van der Waals surface area contributed by atoms with Crippen LogP contribution in [0, 0.1) is 0 Å². The monoisotopic (exact) mass is 210 g/mol. The van der Waals surface area contributed by atoms with E-state index in [1.165, 1.54) is 0 Å². The smallest absolute Gasteiger partial charge is 0.115 e. The summed E-state index contributed by atoms with van der Waals surface area (Å²) in [6.45, 7) is 0. The minimum atomic E-state index is 0.862. The number of hydrogen-bond acceptors (Lipinski definition) is 3. The fourth-order valence-electron chi connectivity index (χ4n) is 1.61. The molecule has 1 heterocycles. The van der Waals surface area contributed by atoms with Crippen molar-refractivity contribution < 1.29 is 0 Å². The normalized spacial score (nSPS) is 10.5. The highest BCUT2D eigenvalue weighted by Gasteiger charge is 1.99. The third-order valence-electron chi connectivity index (χ3n) is 2.38. The number of aromatic nitrogens is 3. The van der Waals surface area contributed by atoms with Crippen LogP contribution in [0.1, 0.15) is 0 Å². The lowest BCUT2D eigenvalue weighted by Gasteiger charge is -2.05. The van der Waals surface area contributed by atoms with Crippen molar-refractivity contribution in [3.63, 3.8) is 0 Å². The summed E-state index contributed by atoms with van der Waals surface area (Å²) in [5.41, 5.74) is 3.80. The van der Waals surface area contributed by atoms with E-state index in [1.54, 1.807) is 0 Å². The first kappa shape index (κ1) is 8.91. The van der Waals surface area contributed by atoms with E-state index in [0.29, 0.717) is 0 Å². The molecule has 16 heavy (non-hydrogen) atoms. The Bertz CT molecular complexity index is 600. The zero-order valence-electron chi connectivity index (χ0n) is 8.51. The quantitative estimate of drug-likeness (QED) is 0.683. The Morgan fingerprint density at radius 1 is 0.812 bits per heavy atom. The third-order valence-corrected chi connectivity index (χ3v) is 2.38. The molecule has 4 nitrogen and oxygen atoms in total. The molecule has 0 saturated heterocycles. The predicted molar refractivity (Wildman–Crippen MR) is 63.6 cm³/mol. The van der Waals surface area contributed by atoms with Crippen LogP contribution in [-0.4, -0.2) is 15.4 Å². The summed E-state index contributed by atoms with van der Waals surface area (Å²) in [4.78, 5) is 0. The highest BCUT2D eigenvalue weighted by Crippen LogP contribution is 2.19. The van der Waals surface area contributed by atoms with Gasteiger partial charge in [0.1, 0.15) is 11.0 Å². The summed E-state index contributed by atoms with van der Waals surface area (Å²) >= 11 is 0. The van der Waals surface area contributed by atoms with Gasteiger partial charge >= 0.3 is 0 Å². The minimum Gasteiger partial charge on any atom is -0.355 e. The molecule has 1 aromatic heterocycles. The molecule has 0 saturated carbocycles. The number of anilines is 2. The maximum atomic E-state index is 4.04. The number of para-hydroxylation sites is 1. The predicted octanol–water partition coefficient (Wildman–Crippen LogP) is 2.70. The average Bonchev–Trinajstić information content (AvgIpc) is 2.77. The molecule has 4 heteroatoms. The Kier molecular flexibility index (Phi) is 2.04. The van der Waals surface area contributed by atoms with Gasteiger partial charge in [-0.15, -0.1) is 0 Å². The van der Waals surface area contributed by atoms with E-state index >= 15 is 0 Å². The van der Waals surface area contributed by atoms with Crippen LogP contribution in [0.25, 0.3) is 11.0 Å². The molecule has 0 radical (unpaired) electrons. The molecule has 3 aromatic rings. The van der Waals surface area contributed by atoms with Gasteiger partial charge in [0.25, 0.3) is 0 Å². The van der Waals surface area contributed by atoms with Crippen molar-refractivity contribution in [2.75, 3.05) is 5.32 Å². The zero-order chi connectivity index (χ0) is 10.8. The fraction of sp³-hybridized carbons (Fsp3) is 0. The second kappa shape index (κ2) is 3.66. The number of aromatic amines is 1. The molecule has 78 valence electrons. The first-order valence-electron chi connectivity index (χ1n) is 5.04. The van der Waals surface area contributed by atoms with Crippen molar-refractivity contribution >= 4 is 22.4 Å². The average molecular weight is 210 g/mol. The second-order valence-corrected chi connectivity index (χ2v) is 3.52. The van der Waals surface area contributed by atoms with Crippen molar-refractivity contribution in [2.45, 2.75) is 0 Å². The van der Waals surface area contributed by atoms with Crippen LogP contribution >= 0.6 is 0 Å². The number of H-pyrrole nitrogens is 1. The van der Waals surface area contributed by atoms with E-state index in [9.17, 15) is 0 Å². The van der Waals surface area contributed by atoms with Gasteiger partial charge in [-0.25, -0.2) is 0 Å². The van der Waals surface area contributed by atoms with Gasteiger partial charge in [-0.2, -0.15) is 15.4 Å². The van der Waals surface area contributed by atoms with E-state index in [2.05, 4.69) is 20.7 Å². The zero-order valence-corrected chi connectivity index (χ0v) is 8.51. The summed E-state index contributed by atoms with van der Waals surface area (Å²) in [5.74, 6) is 0. The second-order valence-electron chi connectivity index (χ2n) is 3.52. The van der Waals surface area contributed by atoms with Crippen molar-refractivity contribution in [3.05, 3.63) is 48.5 Å². The van der Waals surface area contributed by atoms with Crippen LogP contribution in [-0.2, 0) is 0 Å². The van der Waals surface area contributed by atoms with Crippen molar-refractivity contribution in [2.24, 2.45) is 0 Å². The summed E-state index contributed by atoms with van der Waals surface area (Å²) in [6.07, 6.45) is 0. The standard InChI is InChI=1S/C12H10N4/c1-2-4-9(5-3-1)13-10-6-7-11-12(8-10)15-16-14-11/h1-8,13H,(H,14,15,16). The fourth-order valence-corrected chi connectivity index (χ4v) is 1.61. The molecule has 3 rings (SSSR count). The van der Waals surface area contributed by atoms with Gasteiger partial charge < -0.3 is 5.32 Å². The number of nitrogens with one attached hydrogen (secondary N) is 2. The van der Waals surface area contributed by atoms with Gasteiger partial charge in [-0.05, 0) is 30.3 Å². The molecule has 0 aliphatic heterocycles. The molecule has 0 unspecified atom stereocenters. The van der Waals surface area contributed by atoms with E-state index in [-0.39, 0.29) is 0 Å². The van der Waals surface area contributed by atoms with Crippen molar-refractivity contribution in [1.29, 1.82) is 0 Å². The molecule has 2 N–H and O–H groups in total. The SMILES string of the molecule is c1ccc(Nc2ccc3n[nH]nc3c2)cc1. The van der Waals surface area contributed by atoms with Crippen LogP contribution in [0.4, 0.5) is 11.4 Å². The van der Waals surface area contributed by atoms with E-state index in [0.717, 1.165) is 22.4 Å². The summed E-state index contributed by atoms with van der Waals surface area (Å²) in [6, 6.07) is 15.9. The lowest BCUT2D eigenvalue weighted by atomic mass is 10.2. The van der Waals surface area contributed by atoms with Crippen LogP contribution < -0.4 is 5.32 Å². The van der Waals surface area contributed by atoms with Crippen molar-refractivity contribution in [1.82, 2.24) is 15.4 Å². The van der Waals surface area contributed by atoms with Crippen LogP contribution in [0.5, 0.6) is 0 Å². The largest absolute Gasteiger partial charge is 0.355 e. The molecular formula is C12H10N4. The molecule has 0 fully saturated rings. The summed E-state index contributed by atoms with van der Waals surface area (Å²) < 4.78 is 0. The Balaban J connectivity index is 1.94. The van der Waals surface area contributed by atoms with E-state index in [4.69, 9.17) is 0 Å². The highest BCUT2D eigenvalue weighted by atomic mass is 15.3. The Hall–Kier alpha value is -2.36. The van der Waals surface area contributed by atoms with Gasteiger partial charge in [0.2, 0.25) is 0 Å². The van der Waals surface area contributed by atoms with Gasteiger partial charge in [0.15, 0.2) is 0 Å². The Labute approximate surface area is 92.3 Å². The number of nitrogens with zero attached hydrogens (tertiary/aromatic N) is 2. The van der Waals surface area contributed by atoms with Gasteiger partial charge in [0, 0.05) is 11.4 Å². The molecule has 0 bridgehead atoms.